The van der Waals surface area contributed by atoms with Gasteiger partial charge < -0.3 is 25.6 Å². The minimum atomic E-state index is -1.19. The van der Waals surface area contributed by atoms with Gasteiger partial charge in [0.25, 0.3) is 5.91 Å². The van der Waals surface area contributed by atoms with Crippen LogP contribution in [0.15, 0.2) is 17.2 Å². The molecule has 5 aliphatic carbocycles. The minimum absolute atomic E-state index is 0.0473. The summed E-state index contributed by atoms with van der Waals surface area (Å²) in [5, 5.41) is 27.2. The van der Waals surface area contributed by atoms with Crippen molar-refractivity contribution in [1.82, 2.24) is 10.3 Å². The largest absolute Gasteiger partial charge is 0.506 e. The highest BCUT2D eigenvalue weighted by Crippen LogP contribution is 2.55. The van der Waals surface area contributed by atoms with Gasteiger partial charge in [-0.3, -0.25) is 4.79 Å². The van der Waals surface area contributed by atoms with E-state index in [0.717, 1.165) is 87.3 Å². The van der Waals surface area contributed by atoms with Gasteiger partial charge in [0.05, 0.1) is 11.2 Å². The summed E-state index contributed by atoms with van der Waals surface area (Å²) in [6.45, 7) is 2.89. The van der Waals surface area contributed by atoms with E-state index in [9.17, 15) is 14.7 Å². The SMILES string of the molecule is CCCSc1nc(NCC2CCC(OC(=O)O)CC2)ccc1C(=O)NC1C2CC3CC1CC(O)(C3)C2. The molecule has 2 atom stereocenters. The van der Waals surface area contributed by atoms with E-state index in [1.54, 1.807) is 11.8 Å². The fourth-order valence-electron chi connectivity index (χ4n) is 7.31. The van der Waals surface area contributed by atoms with E-state index in [0.29, 0.717) is 29.2 Å². The van der Waals surface area contributed by atoms with Crippen LogP contribution in [0.4, 0.5) is 10.6 Å². The zero-order chi connectivity index (χ0) is 25.3. The number of carbonyl (C=O) groups is 2. The molecule has 5 saturated carbocycles. The Morgan fingerprint density at radius 2 is 1.86 bits per heavy atom. The molecule has 1 aromatic heterocycles. The van der Waals surface area contributed by atoms with Crippen LogP contribution in [0.5, 0.6) is 0 Å². The summed E-state index contributed by atoms with van der Waals surface area (Å²) in [7, 11) is 0. The number of nitrogens with zero attached hydrogens (tertiary/aromatic N) is 1. The molecule has 0 radical (unpaired) electrons. The van der Waals surface area contributed by atoms with Gasteiger partial charge in [0.2, 0.25) is 0 Å². The van der Waals surface area contributed by atoms with E-state index in [-0.39, 0.29) is 18.1 Å². The smallest absolute Gasteiger partial charge is 0.450 e. The van der Waals surface area contributed by atoms with E-state index < -0.39 is 11.8 Å². The number of aliphatic hydroxyl groups is 1. The Labute approximate surface area is 217 Å². The van der Waals surface area contributed by atoms with Gasteiger partial charge in [-0.2, -0.15) is 0 Å². The van der Waals surface area contributed by atoms with Crippen molar-refractivity contribution >= 4 is 29.6 Å². The van der Waals surface area contributed by atoms with Crippen molar-refractivity contribution in [2.45, 2.75) is 93.9 Å². The first kappa shape index (κ1) is 25.6. The van der Waals surface area contributed by atoms with Gasteiger partial charge >= 0.3 is 6.16 Å². The maximum Gasteiger partial charge on any atom is 0.506 e. The third kappa shape index (κ3) is 5.77. The van der Waals surface area contributed by atoms with Gasteiger partial charge in [-0.15, -0.1) is 11.8 Å². The Morgan fingerprint density at radius 1 is 1.14 bits per heavy atom. The van der Waals surface area contributed by atoms with E-state index in [4.69, 9.17) is 14.8 Å². The highest BCUT2D eigenvalue weighted by atomic mass is 32.2. The Morgan fingerprint density at radius 3 is 2.50 bits per heavy atom. The van der Waals surface area contributed by atoms with E-state index in [1.807, 2.05) is 12.1 Å². The molecule has 0 saturated heterocycles. The summed E-state index contributed by atoms with van der Waals surface area (Å²) >= 11 is 1.62. The van der Waals surface area contributed by atoms with Gasteiger partial charge in [-0.25, -0.2) is 9.78 Å². The number of ether oxygens (including phenoxy) is 1. The predicted octanol–water partition coefficient (Wildman–Crippen LogP) is 4.92. The maximum absolute atomic E-state index is 13.4. The van der Waals surface area contributed by atoms with Gasteiger partial charge in [0.1, 0.15) is 16.9 Å². The molecule has 5 fully saturated rings. The van der Waals surface area contributed by atoms with Crippen LogP contribution in [-0.2, 0) is 4.74 Å². The molecule has 0 aromatic carbocycles. The van der Waals surface area contributed by atoms with Crippen LogP contribution in [0.25, 0.3) is 0 Å². The third-order valence-corrected chi connectivity index (χ3v) is 9.92. The lowest BCUT2D eigenvalue weighted by molar-refractivity contribution is -0.136. The number of aromatic nitrogens is 1. The van der Waals surface area contributed by atoms with E-state index >= 15 is 0 Å². The summed E-state index contributed by atoms with van der Waals surface area (Å²) in [6, 6.07) is 3.93. The zero-order valence-electron chi connectivity index (χ0n) is 21.1. The lowest BCUT2D eigenvalue weighted by Gasteiger charge is -2.58. The number of amides is 1. The number of hydrogen-bond donors (Lipinski definition) is 4. The van der Waals surface area contributed by atoms with Crippen LogP contribution in [0.2, 0.25) is 0 Å². The van der Waals surface area contributed by atoms with Gasteiger partial charge in [-0.05, 0) is 106 Å². The molecule has 2 unspecified atom stereocenters. The number of carboxylic acid groups (broad SMARTS) is 1. The first-order valence-electron chi connectivity index (χ1n) is 13.6. The van der Waals surface area contributed by atoms with Crippen LogP contribution in [0, 0.1) is 23.7 Å². The standard InChI is InChI=1S/C27H39N3O5S/c1-2-9-36-25-21(24(31)30-23-18-10-17-11-19(23)14-27(34,12-17)13-18)7-8-22(29-25)28-15-16-3-5-20(6-4-16)35-26(32)33/h7-8,16-20,23,34H,2-6,9-15H2,1H3,(H,28,29)(H,30,31)(H,32,33). The molecule has 0 aliphatic heterocycles. The molecule has 4 N–H and O–H groups in total. The normalized spacial score (nSPS) is 34.8. The molecule has 4 bridgehead atoms. The summed E-state index contributed by atoms with van der Waals surface area (Å²) in [5.41, 5.74) is 0.134. The third-order valence-electron chi connectivity index (χ3n) is 8.72. The van der Waals surface area contributed by atoms with Crippen molar-refractivity contribution in [1.29, 1.82) is 0 Å². The highest BCUT2D eigenvalue weighted by Gasteiger charge is 2.55. The summed E-state index contributed by atoms with van der Waals surface area (Å²) in [6.07, 6.45) is 7.76. The minimum Gasteiger partial charge on any atom is -0.450 e. The number of nitrogens with one attached hydrogen (secondary N) is 2. The van der Waals surface area contributed by atoms with Gasteiger partial charge in [-0.1, -0.05) is 6.92 Å². The maximum atomic E-state index is 13.4. The first-order valence-corrected chi connectivity index (χ1v) is 14.6. The Hall–Kier alpha value is -2.00. The quantitative estimate of drug-likeness (QED) is 0.269. The number of anilines is 1. The van der Waals surface area contributed by atoms with E-state index in [1.165, 1.54) is 0 Å². The van der Waals surface area contributed by atoms with Crippen molar-refractivity contribution in [2.24, 2.45) is 23.7 Å². The van der Waals surface area contributed by atoms with Gasteiger partial charge in [0.15, 0.2) is 0 Å². The van der Waals surface area contributed by atoms with Crippen LogP contribution in [0.3, 0.4) is 0 Å². The molecule has 36 heavy (non-hydrogen) atoms. The predicted molar refractivity (Wildman–Crippen MR) is 138 cm³/mol. The second kappa shape index (κ2) is 10.8. The van der Waals surface area contributed by atoms with Crippen LogP contribution >= 0.6 is 11.8 Å². The number of pyridine rings is 1. The summed E-state index contributed by atoms with van der Waals surface area (Å²) < 4.78 is 4.91. The van der Waals surface area contributed by atoms with Crippen molar-refractivity contribution in [3.05, 3.63) is 17.7 Å². The monoisotopic (exact) mass is 517 g/mol. The Kier molecular flexibility index (Phi) is 7.67. The highest BCUT2D eigenvalue weighted by molar-refractivity contribution is 7.99. The molecule has 1 aromatic rings. The van der Waals surface area contributed by atoms with Crippen LogP contribution < -0.4 is 10.6 Å². The van der Waals surface area contributed by atoms with Crippen molar-refractivity contribution in [3.8, 4) is 0 Å². The molecule has 0 spiro atoms. The second-order valence-electron chi connectivity index (χ2n) is 11.5. The first-order chi connectivity index (χ1) is 17.3. The molecule has 1 heterocycles. The topological polar surface area (TPSA) is 121 Å². The lowest BCUT2D eigenvalue weighted by Crippen LogP contribution is -2.61. The number of rotatable bonds is 9. The van der Waals surface area contributed by atoms with E-state index in [2.05, 4.69) is 17.6 Å². The number of carbonyl (C=O) groups excluding carboxylic acids is 1. The van der Waals surface area contributed by atoms with Crippen molar-refractivity contribution in [3.63, 3.8) is 0 Å². The Bertz CT molecular complexity index is 951. The van der Waals surface area contributed by atoms with Crippen molar-refractivity contribution in [2.75, 3.05) is 17.6 Å². The fraction of sp³-hybridized carbons (Fsp3) is 0.741. The molecule has 198 valence electrons. The molecule has 9 heteroatoms. The molecular formula is C27H39N3O5S. The second-order valence-corrected chi connectivity index (χ2v) is 12.6. The van der Waals surface area contributed by atoms with Crippen LogP contribution in [0.1, 0.15) is 81.5 Å². The fourth-order valence-corrected chi connectivity index (χ4v) is 8.19. The number of thioether (sulfide) groups is 1. The molecule has 8 nitrogen and oxygen atoms in total. The zero-order valence-corrected chi connectivity index (χ0v) is 21.9. The summed E-state index contributed by atoms with van der Waals surface area (Å²) in [4.78, 5) is 29.0. The molecule has 5 aliphatic rings. The molecule has 1 amide bonds. The van der Waals surface area contributed by atoms with Crippen molar-refractivity contribution < 1.29 is 24.5 Å². The Balaban J connectivity index is 1.20. The lowest BCUT2D eigenvalue weighted by atomic mass is 9.52. The average Bonchev–Trinajstić information content (AvgIpc) is 2.83. The van der Waals surface area contributed by atoms with Crippen LogP contribution in [-0.4, -0.2) is 57.3 Å². The molecular weight excluding hydrogens is 478 g/mol. The molecule has 6 rings (SSSR count). The summed E-state index contributed by atoms with van der Waals surface area (Å²) in [5.74, 6) is 3.43. The van der Waals surface area contributed by atoms with Gasteiger partial charge in [0, 0.05) is 12.6 Å². The average molecular weight is 518 g/mol. The number of hydrogen-bond acceptors (Lipinski definition) is 7.